The molecule has 102 valence electrons. The van der Waals surface area contributed by atoms with Gasteiger partial charge in [-0.2, -0.15) is 0 Å². The Morgan fingerprint density at radius 3 is 2.53 bits per heavy atom. The Labute approximate surface area is 109 Å². The molecule has 7 nitrogen and oxygen atoms in total. The van der Waals surface area contributed by atoms with Gasteiger partial charge in [-0.1, -0.05) is 12.1 Å². The van der Waals surface area contributed by atoms with Crippen molar-refractivity contribution in [1.29, 1.82) is 0 Å². The van der Waals surface area contributed by atoms with Crippen LogP contribution in [0.3, 0.4) is 0 Å². The van der Waals surface area contributed by atoms with E-state index in [4.69, 9.17) is 5.11 Å². The molecule has 0 bridgehead atoms. The summed E-state index contributed by atoms with van der Waals surface area (Å²) < 4.78 is 0. The summed E-state index contributed by atoms with van der Waals surface area (Å²) in [6.45, 7) is 2.91. The molecule has 2 atom stereocenters. The molecule has 0 radical (unpaired) electrons. The SMILES string of the molecule is CC(C(=O)N[C@H](C)C(=O)O)c1cccc([N+](=O)[O-])c1. The number of carboxylic acid groups (broad SMARTS) is 1. The van der Waals surface area contributed by atoms with Crippen LogP contribution in [0.2, 0.25) is 0 Å². The molecule has 0 heterocycles. The first-order valence-corrected chi connectivity index (χ1v) is 5.60. The van der Waals surface area contributed by atoms with E-state index in [-0.39, 0.29) is 5.69 Å². The molecule has 0 saturated heterocycles. The molecule has 19 heavy (non-hydrogen) atoms. The third kappa shape index (κ3) is 3.77. The number of benzene rings is 1. The van der Waals surface area contributed by atoms with E-state index in [9.17, 15) is 19.7 Å². The van der Waals surface area contributed by atoms with Crippen molar-refractivity contribution in [2.75, 3.05) is 0 Å². The van der Waals surface area contributed by atoms with Crippen LogP contribution < -0.4 is 5.32 Å². The third-order valence-corrected chi connectivity index (χ3v) is 2.70. The Morgan fingerprint density at radius 1 is 1.37 bits per heavy atom. The maximum atomic E-state index is 11.8. The van der Waals surface area contributed by atoms with Gasteiger partial charge in [0.1, 0.15) is 6.04 Å². The highest BCUT2D eigenvalue weighted by molar-refractivity contribution is 5.87. The predicted molar refractivity (Wildman–Crippen MR) is 66.8 cm³/mol. The first-order valence-electron chi connectivity index (χ1n) is 5.60. The summed E-state index contributed by atoms with van der Waals surface area (Å²) in [7, 11) is 0. The van der Waals surface area contributed by atoms with E-state index >= 15 is 0 Å². The number of non-ortho nitro benzene ring substituents is 1. The Bertz CT molecular complexity index is 515. The molecule has 1 aromatic rings. The van der Waals surface area contributed by atoms with Crippen LogP contribution in [0.1, 0.15) is 25.3 Å². The average Bonchev–Trinajstić information content (AvgIpc) is 2.37. The molecule has 0 aliphatic rings. The van der Waals surface area contributed by atoms with Gasteiger partial charge < -0.3 is 10.4 Å². The lowest BCUT2D eigenvalue weighted by Crippen LogP contribution is -2.40. The average molecular weight is 266 g/mol. The van der Waals surface area contributed by atoms with Gasteiger partial charge in [0.05, 0.1) is 10.8 Å². The molecule has 0 saturated carbocycles. The molecular weight excluding hydrogens is 252 g/mol. The Balaban J connectivity index is 2.85. The van der Waals surface area contributed by atoms with Crippen LogP contribution in [0.25, 0.3) is 0 Å². The zero-order valence-electron chi connectivity index (χ0n) is 10.5. The quantitative estimate of drug-likeness (QED) is 0.616. The molecule has 2 N–H and O–H groups in total. The maximum absolute atomic E-state index is 11.8. The molecule has 0 aliphatic carbocycles. The van der Waals surface area contributed by atoms with Crippen molar-refractivity contribution >= 4 is 17.6 Å². The number of carbonyl (C=O) groups excluding carboxylic acids is 1. The number of aliphatic carboxylic acids is 1. The van der Waals surface area contributed by atoms with Gasteiger partial charge in [-0.25, -0.2) is 0 Å². The smallest absolute Gasteiger partial charge is 0.325 e. The summed E-state index contributed by atoms with van der Waals surface area (Å²) in [5.74, 6) is -2.29. The highest BCUT2D eigenvalue weighted by Crippen LogP contribution is 2.20. The number of rotatable bonds is 5. The Kier molecular flexibility index (Phi) is 4.57. The molecule has 1 rings (SSSR count). The van der Waals surface area contributed by atoms with Gasteiger partial charge in [0.25, 0.3) is 5.69 Å². The first kappa shape index (κ1) is 14.6. The summed E-state index contributed by atoms with van der Waals surface area (Å²) in [6, 6.07) is 4.69. The van der Waals surface area contributed by atoms with Gasteiger partial charge in [0, 0.05) is 12.1 Å². The van der Waals surface area contributed by atoms with Crippen molar-refractivity contribution in [2.45, 2.75) is 25.8 Å². The number of carbonyl (C=O) groups is 2. The van der Waals surface area contributed by atoms with E-state index in [0.717, 1.165) is 0 Å². The van der Waals surface area contributed by atoms with Crippen molar-refractivity contribution in [3.05, 3.63) is 39.9 Å². The third-order valence-electron chi connectivity index (χ3n) is 2.70. The second-order valence-corrected chi connectivity index (χ2v) is 4.14. The minimum absolute atomic E-state index is 0.108. The first-order chi connectivity index (χ1) is 8.82. The van der Waals surface area contributed by atoms with Crippen LogP contribution in [0.15, 0.2) is 24.3 Å². The summed E-state index contributed by atoms with van der Waals surface area (Å²) in [5, 5.41) is 21.7. The minimum Gasteiger partial charge on any atom is -0.480 e. The zero-order chi connectivity index (χ0) is 14.6. The fourth-order valence-corrected chi connectivity index (χ4v) is 1.46. The van der Waals surface area contributed by atoms with Gasteiger partial charge >= 0.3 is 5.97 Å². The molecule has 1 amide bonds. The van der Waals surface area contributed by atoms with Gasteiger partial charge in [-0.15, -0.1) is 0 Å². The van der Waals surface area contributed by atoms with Crippen molar-refractivity contribution in [3.63, 3.8) is 0 Å². The Hall–Kier alpha value is -2.44. The van der Waals surface area contributed by atoms with Crippen LogP contribution in [0.4, 0.5) is 5.69 Å². The van der Waals surface area contributed by atoms with Crippen LogP contribution in [0, 0.1) is 10.1 Å². The fourth-order valence-electron chi connectivity index (χ4n) is 1.46. The van der Waals surface area contributed by atoms with E-state index in [1.54, 1.807) is 13.0 Å². The molecule has 0 aliphatic heterocycles. The topological polar surface area (TPSA) is 110 Å². The zero-order valence-corrected chi connectivity index (χ0v) is 10.5. The molecule has 7 heteroatoms. The van der Waals surface area contributed by atoms with Crippen LogP contribution in [0.5, 0.6) is 0 Å². The normalized spacial score (nSPS) is 13.4. The van der Waals surface area contributed by atoms with Gasteiger partial charge in [0.2, 0.25) is 5.91 Å². The number of hydrogen-bond donors (Lipinski definition) is 2. The molecule has 1 unspecified atom stereocenters. The molecule has 0 aromatic heterocycles. The number of nitrogens with one attached hydrogen (secondary N) is 1. The summed E-state index contributed by atoms with van der Waals surface area (Å²) in [4.78, 5) is 32.5. The van der Waals surface area contributed by atoms with Gasteiger partial charge in [-0.3, -0.25) is 19.7 Å². The van der Waals surface area contributed by atoms with E-state index in [2.05, 4.69) is 5.32 Å². The van der Waals surface area contributed by atoms with Crippen molar-refractivity contribution in [1.82, 2.24) is 5.32 Å². The van der Waals surface area contributed by atoms with E-state index in [1.807, 2.05) is 0 Å². The lowest BCUT2D eigenvalue weighted by atomic mass is 9.99. The van der Waals surface area contributed by atoms with E-state index in [1.165, 1.54) is 25.1 Å². The highest BCUT2D eigenvalue weighted by atomic mass is 16.6. The van der Waals surface area contributed by atoms with E-state index in [0.29, 0.717) is 5.56 Å². The standard InChI is InChI=1S/C12H14N2O5/c1-7(11(15)13-8(2)12(16)17)9-4-3-5-10(6-9)14(18)19/h3-8H,1-2H3,(H,13,15)(H,16,17)/t7?,8-/m1/s1. The monoisotopic (exact) mass is 266 g/mol. The number of nitro groups is 1. The minimum atomic E-state index is -1.14. The molecule has 0 fully saturated rings. The van der Waals surface area contributed by atoms with Crippen molar-refractivity contribution < 1.29 is 19.6 Å². The summed E-state index contributed by atoms with van der Waals surface area (Å²) in [5.41, 5.74) is 0.354. The number of nitrogens with zero attached hydrogens (tertiary/aromatic N) is 1. The number of amides is 1. The molecular formula is C12H14N2O5. The summed E-state index contributed by atoms with van der Waals surface area (Å²) >= 11 is 0. The summed E-state index contributed by atoms with van der Waals surface area (Å²) in [6.07, 6.45) is 0. The van der Waals surface area contributed by atoms with Crippen LogP contribution >= 0.6 is 0 Å². The van der Waals surface area contributed by atoms with Gasteiger partial charge in [0.15, 0.2) is 0 Å². The highest BCUT2D eigenvalue weighted by Gasteiger charge is 2.21. The van der Waals surface area contributed by atoms with Crippen LogP contribution in [-0.2, 0) is 9.59 Å². The fraction of sp³-hybridized carbons (Fsp3) is 0.333. The van der Waals surface area contributed by atoms with Crippen molar-refractivity contribution in [2.24, 2.45) is 0 Å². The lowest BCUT2D eigenvalue weighted by Gasteiger charge is -2.14. The molecule has 1 aromatic carbocycles. The van der Waals surface area contributed by atoms with Crippen LogP contribution in [-0.4, -0.2) is 27.9 Å². The number of carboxylic acids is 1. The Morgan fingerprint density at radius 2 is 2.00 bits per heavy atom. The number of hydrogen-bond acceptors (Lipinski definition) is 4. The van der Waals surface area contributed by atoms with Crippen molar-refractivity contribution in [3.8, 4) is 0 Å². The van der Waals surface area contributed by atoms with Gasteiger partial charge in [-0.05, 0) is 19.4 Å². The second-order valence-electron chi connectivity index (χ2n) is 4.14. The lowest BCUT2D eigenvalue weighted by molar-refractivity contribution is -0.384. The second kappa shape index (κ2) is 5.94. The largest absolute Gasteiger partial charge is 0.480 e. The maximum Gasteiger partial charge on any atom is 0.325 e. The number of nitro benzene ring substituents is 1. The predicted octanol–water partition coefficient (Wildman–Crippen LogP) is 1.29. The van der Waals surface area contributed by atoms with E-state index < -0.39 is 28.8 Å². The molecule has 0 spiro atoms.